The second-order valence-electron chi connectivity index (χ2n) is 8.89. The van der Waals surface area contributed by atoms with Crippen molar-refractivity contribution in [1.29, 1.82) is 0 Å². The summed E-state index contributed by atoms with van der Waals surface area (Å²) >= 11 is 0. The number of carbonyl (C=O) groups is 2. The third kappa shape index (κ3) is 4.26. The highest BCUT2D eigenvalue weighted by molar-refractivity contribution is 6.04. The van der Waals surface area contributed by atoms with Gasteiger partial charge in [0.05, 0.1) is 11.4 Å². The molecule has 1 aliphatic rings. The Labute approximate surface area is 207 Å². The summed E-state index contributed by atoms with van der Waals surface area (Å²) in [6.07, 6.45) is 0. The summed E-state index contributed by atoms with van der Waals surface area (Å²) in [4.78, 5) is 26.5. The van der Waals surface area contributed by atoms with Crippen LogP contribution >= 0.6 is 0 Å². The number of aromatic nitrogens is 2. The number of nitrogens with one attached hydrogen (secondary N) is 2. The highest BCUT2D eigenvalue weighted by atomic mass is 19.3. The summed E-state index contributed by atoms with van der Waals surface area (Å²) in [7, 11) is 0. The molecule has 0 bridgehead atoms. The summed E-state index contributed by atoms with van der Waals surface area (Å²) in [6, 6.07) is 22.9. The molecule has 0 spiro atoms. The lowest BCUT2D eigenvalue weighted by Crippen LogP contribution is -2.50. The van der Waals surface area contributed by atoms with Gasteiger partial charge in [-0.3, -0.25) is 9.59 Å². The molecule has 3 aromatic carbocycles. The zero-order valence-electron chi connectivity index (χ0n) is 19.7. The molecule has 1 aliphatic heterocycles. The smallest absolute Gasteiger partial charge is 0.270 e. The van der Waals surface area contributed by atoms with Gasteiger partial charge in [0.2, 0.25) is 5.91 Å². The Balaban J connectivity index is 1.63. The van der Waals surface area contributed by atoms with Gasteiger partial charge in [0.25, 0.3) is 11.8 Å². The van der Waals surface area contributed by atoms with Crippen LogP contribution in [0.1, 0.15) is 45.6 Å². The zero-order valence-corrected chi connectivity index (χ0v) is 19.7. The molecular weight excluding hydrogens is 462 g/mol. The highest BCUT2D eigenvalue weighted by Gasteiger charge is 2.42. The predicted molar refractivity (Wildman–Crippen MR) is 132 cm³/mol. The van der Waals surface area contributed by atoms with Gasteiger partial charge in [-0.15, -0.1) is 0 Å². The molecule has 2 heterocycles. The molecule has 2 unspecified atom stereocenters. The fourth-order valence-corrected chi connectivity index (χ4v) is 4.61. The van der Waals surface area contributed by atoms with Crippen LogP contribution in [0.5, 0.6) is 0 Å². The van der Waals surface area contributed by atoms with Gasteiger partial charge in [-0.05, 0) is 36.8 Å². The van der Waals surface area contributed by atoms with Crippen molar-refractivity contribution in [1.82, 2.24) is 15.1 Å². The van der Waals surface area contributed by atoms with E-state index in [1.807, 2.05) is 37.3 Å². The van der Waals surface area contributed by atoms with Crippen LogP contribution in [0.15, 0.2) is 84.9 Å². The standard InChI is InChI=1S/C28H24F2N4O2/c1-17-22-23(18-13-15-20(16-14-18)28(2,29)30)24(31-26(35)19-9-5-3-6-10-19)27(36)32-25(22)34(33-17)21-11-7-4-8-12-21/h3-16,23-24H,1-2H3,(H,31,35)(H,32,36). The molecule has 4 aromatic rings. The van der Waals surface area contributed by atoms with Crippen LogP contribution in [0.4, 0.5) is 14.6 Å². The summed E-state index contributed by atoms with van der Waals surface area (Å²) < 4.78 is 29.4. The molecule has 6 nitrogen and oxygen atoms in total. The first kappa shape index (κ1) is 23.4. The number of hydrogen-bond donors (Lipinski definition) is 2. The molecule has 5 rings (SSSR count). The van der Waals surface area contributed by atoms with E-state index < -0.39 is 29.7 Å². The third-order valence-corrected chi connectivity index (χ3v) is 6.38. The Hall–Kier alpha value is -4.33. The van der Waals surface area contributed by atoms with Crippen LogP contribution in [0, 0.1) is 6.92 Å². The molecule has 36 heavy (non-hydrogen) atoms. The molecule has 0 aliphatic carbocycles. The number of rotatable bonds is 5. The van der Waals surface area contributed by atoms with Gasteiger partial charge < -0.3 is 10.6 Å². The van der Waals surface area contributed by atoms with Crippen LogP contribution < -0.4 is 10.6 Å². The van der Waals surface area contributed by atoms with Gasteiger partial charge in [0, 0.05) is 29.5 Å². The molecule has 1 aromatic heterocycles. The summed E-state index contributed by atoms with van der Waals surface area (Å²) in [5.74, 6) is -3.97. The SMILES string of the molecule is Cc1nn(-c2ccccc2)c2c1C(c1ccc(C(C)(F)F)cc1)C(NC(=O)c1ccccc1)C(=O)N2. The topological polar surface area (TPSA) is 76.0 Å². The second-order valence-corrected chi connectivity index (χ2v) is 8.89. The van der Waals surface area contributed by atoms with Crippen molar-refractivity contribution in [2.75, 3.05) is 5.32 Å². The van der Waals surface area contributed by atoms with E-state index in [0.29, 0.717) is 28.2 Å². The van der Waals surface area contributed by atoms with E-state index in [4.69, 9.17) is 0 Å². The van der Waals surface area contributed by atoms with E-state index in [0.717, 1.165) is 12.6 Å². The van der Waals surface area contributed by atoms with Crippen LogP contribution in [0.3, 0.4) is 0 Å². The van der Waals surface area contributed by atoms with E-state index in [-0.39, 0.29) is 5.56 Å². The van der Waals surface area contributed by atoms with Crippen molar-refractivity contribution in [2.24, 2.45) is 0 Å². The molecule has 2 amide bonds. The largest absolute Gasteiger partial charge is 0.339 e. The Morgan fingerprint density at radius 2 is 1.58 bits per heavy atom. The van der Waals surface area contributed by atoms with E-state index in [9.17, 15) is 18.4 Å². The average Bonchev–Trinajstić information content (AvgIpc) is 3.20. The monoisotopic (exact) mass is 486 g/mol. The average molecular weight is 487 g/mol. The van der Waals surface area contributed by atoms with Crippen molar-refractivity contribution >= 4 is 17.6 Å². The lowest BCUT2D eigenvalue weighted by atomic mass is 9.81. The maximum absolute atomic E-state index is 13.9. The minimum Gasteiger partial charge on any atom is -0.339 e. The number of para-hydroxylation sites is 1. The number of hydrogen-bond acceptors (Lipinski definition) is 3. The number of benzene rings is 3. The van der Waals surface area contributed by atoms with E-state index >= 15 is 0 Å². The Morgan fingerprint density at radius 3 is 2.19 bits per heavy atom. The molecule has 0 saturated carbocycles. The fraction of sp³-hybridized carbons (Fsp3) is 0.179. The Kier molecular flexibility index (Phi) is 5.88. The molecule has 0 fully saturated rings. The Bertz CT molecular complexity index is 1410. The number of carbonyl (C=O) groups excluding carboxylic acids is 2. The number of anilines is 1. The number of aryl methyl sites for hydroxylation is 1. The maximum Gasteiger partial charge on any atom is 0.270 e. The van der Waals surface area contributed by atoms with Gasteiger partial charge in [-0.1, -0.05) is 60.7 Å². The number of fused-ring (bicyclic) bond motifs is 1. The minimum absolute atomic E-state index is 0.131. The van der Waals surface area contributed by atoms with Crippen LogP contribution in [0.2, 0.25) is 0 Å². The molecule has 182 valence electrons. The molecule has 0 radical (unpaired) electrons. The van der Waals surface area contributed by atoms with Crippen molar-refractivity contribution in [3.8, 4) is 5.69 Å². The summed E-state index contributed by atoms with van der Waals surface area (Å²) in [5, 5.41) is 10.4. The molecule has 8 heteroatoms. The summed E-state index contributed by atoms with van der Waals surface area (Å²) in [6.45, 7) is 2.67. The van der Waals surface area contributed by atoms with Crippen molar-refractivity contribution in [2.45, 2.75) is 31.7 Å². The number of alkyl halides is 2. The minimum atomic E-state index is -3.00. The van der Waals surface area contributed by atoms with Crippen LogP contribution in [0.25, 0.3) is 5.69 Å². The van der Waals surface area contributed by atoms with Gasteiger partial charge in [0.15, 0.2) is 0 Å². The van der Waals surface area contributed by atoms with E-state index in [1.54, 1.807) is 47.1 Å². The fourth-order valence-electron chi connectivity index (χ4n) is 4.61. The number of amides is 2. The van der Waals surface area contributed by atoms with Gasteiger partial charge >= 0.3 is 0 Å². The highest BCUT2D eigenvalue weighted by Crippen LogP contribution is 2.41. The van der Waals surface area contributed by atoms with Crippen LogP contribution in [-0.4, -0.2) is 27.6 Å². The third-order valence-electron chi connectivity index (χ3n) is 6.38. The lowest BCUT2D eigenvalue weighted by molar-refractivity contribution is -0.118. The second kappa shape index (κ2) is 9.03. The first-order valence-corrected chi connectivity index (χ1v) is 11.5. The van der Waals surface area contributed by atoms with Gasteiger partial charge in [0.1, 0.15) is 11.9 Å². The molecule has 0 saturated heterocycles. The van der Waals surface area contributed by atoms with E-state index in [1.165, 1.54) is 12.1 Å². The van der Waals surface area contributed by atoms with Crippen LogP contribution in [-0.2, 0) is 10.7 Å². The van der Waals surface area contributed by atoms with Crippen molar-refractivity contribution in [3.05, 3.63) is 113 Å². The normalized spacial score (nSPS) is 17.3. The zero-order chi connectivity index (χ0) is 25.4. The number of halogens is 2. The maximum atomic E-state index is 13.9. The lowest BCUT2D eigenvalue weighted by Gasteiger charge is -2.33. The quantitative estimate of drug-likeness (QED) is 0.408. The summed E-state index contributed by atoms with van der Waals surface area (Å²) in [5.41, 5.74) is 3.03. The van der Waals surface area contributed by atoms with Gasteiger partial charge in [-0.25, -0.2) is 13.5 Å². The molecule has 2 atom stereocenters. The van der Waals surface area contributed by atoms with Crippen molar-refractivity contribution in [3.63, 3.8) is 0 Å². The molecular formula is C28H24F2N4O2. The molecule has 2 N–H and O–H groups in total. The first-order valence-electron chi connectivity index (χ1n) is 11.5. The van der Waals surface area contributed by atoms with Crippen molar-refractivity contribution < 1.29 is 18.4 Å². The van der Waals surface area contributed by atoms with Gasteiger partial charge in [-0.2, -0.15) is 5.10 Å². The predicted octanol–water partition coefficient (Wildman–Crippen LogP) is 5.18. The number of nitrogens with zero attached hydrogens (tertiary/aromatic N) is 2. The Morgan fingerprint density at radius 1 is 0.972 bits per heavy atom. The van der Waals surface area contributed by atoms with E-state index in [2.05, 4.69) is 15.7 Å². The first-order chi connectivity index (χ1) is 17.2.